The molecule has 1 aromatic carbocycles. The Morgan fingerprint density at radius 1 is 1.29 bits per heavy atom. The first-order valence-electron chi connectivity index (χ1n) is 6.62. The third kappa shape index (κ3) is 3.02. The molecule has 124 valence electrons. The van der Waals surface area contributed by atoms with Gasteiger partial charge in [-0.15, -0.1) is 5.10 Å². The van der Waals surface area contributed by atoms with E-state index in [1.165, 1.54) is 16.8 Å². The van der Waals surface area contributed by atoms with Gasteiger partial charge in [0.1, 0.15) is 0 Å². The first-order valence-corrected chi connectivity index (χ1v) is 7.00. The smallest absolute Gasteiger partial charge is 0.319 e. The summed E-state index contributed by atoms with van der Waals surface area (Å²) in [4.78, 5) is 20.0. The van der Waals surface area contributed by atoms with Crippen molar-refractivity contribution in [1.29, 1.82) is 0 Å². The summed E-state index contributed by atoms with van der Waals surface area (Å²) in [5, 5.41) is 5.84. The summed E-state index contributed by atoms with van der Waals surface area (Å²) in [6.45, 7) is 1.75. The summed E-state index contributed by atoms with van der Waals surface area (Å²) in [6, 6.07) is 4.75. The molecule has 0 unspecified atom stereocenters. The largest absolute Gasteiger partial charge is 0.417 e. The van der Waals surface area contributed by atoms with Gasteiger partial charge in [-0.05, 0) is 31.2 Å². The second-order valence-electron chi connectivity index (χ2n) is 4.88. The summed E-state index contributed by atoms with van der Waals surface area (Å²) in [6.07, 6.45) is -3.12. The normalized spacial score (nSPS) is 11.7. The number of carbonyl (C=O) groups excluding carboxylic acids is 1. The maximum atomic E-state index is 12.8. The van der Waals surface area contributed by atoms with E-state index < -0.39 is 22.7 Å². The molecule has 0 spiro atoms. The topological polar surface area (TPSA) is 72.2 Å². The van der Waals surface area contributed by atoms with Crippen molar-refractivity contribution in [2.75, 3.05) is 5.32 Å². The summed E-state index contributed by atoms with van der Waals surface area (Å²) < 4.78 is 39.9. The van der Waals surface area contributed by atoms with Gasteiger partial charge < -0.3 is 5.32 Å². The van der Waals surface area contributed by atoms with E-state index in [9.17, 15) is 18.0 Å². The predicted molar refractivity (Wildman–Crippen MR) is 79.9 cm³/mol. The van der Waals surface area contributed by atoms with E-state index >= 15 is 0 Å². The average Bonchev–Trinajstić information content (AvgIpc) is 2.94. The first-order chi connectivity index (χ1) is 11.3. The van der Waals surface area contributed by atoms with Crippen molar-refractivity contribution in [2.45, 2.75) is 13.1 Å². The molecule has 1 amide bonds. The van der Waals surface area contributed by atoms with Gasteiger partial charge >= 0.3 is 6.18 Å². The third-order valence-corrected chi connectivity index (χ3v) is 3.49. The van der Waals surface area contributed by atoms with Crippen molar-refractivity contribution in [3.63, 3.8) is 0 Å². The molecule has 0 aliphatic heterocycles. The fraction of sp³-hybridized carbons (Fsp3) is 0.143. The van der Waals surface area contributed by atoms with Crippen LogP contribution < -0.4 is 5.32 Å². The van der Waals surface area contributed by atoms with Crippen LogP contribution in [0.1, 0.15) is 21.9 Å². The molecule has 0 bridgehead atoms. The highest BCUT2D eigenvalue weighted by atomic mass is 35.5. The molecule has 2 aromatic heterocycles. The highest BCUT2D eigenvalue weighted by Gasteiger charge is 2.33. The molecule has 0 atom stereocenters. The number of hydrogen-bond acceptors (Lipinski definition) is 4. The first kappa shape index (κ1) is 16.2. The minimum Gasteiger partial charge on any atom is -0.319 e. The number of halogens is 4. The molecule has 2 heterocycles. The Labute approximate surface area is 138 Å². The molecule has 3 aromatic rings. The van der Waals surface area contributed by atoms with Crippen LogP contribution in [0, 0.1) is 6.92 Å². The number of anilines is 1. The van der Waals surface area contributed by atoms with E-state index in [1.54, 1.807) is 13.0 Å². The fourth-order valence-electron chi connectivity index (χ4n) is 2.01. The summed E-state index contributed by atoms with van der Waals surface area (Å²) in [7, 11) is 0. The second-order valence-corrected chi connectivity index (χ2v) is 5.29. The molecule has 0 aliphatic rings. The van der Waals surface area contributed by atoms with Gasteiger partial charge in [-0.3, -0.25) is 4.79 Å². The summed E-state index contributed by atoms with van der Waals surface area (Å²) in [5.74, 6) is -0.747. The zero-order chi connectivity index (χ0) is 17.5. The van der Waals surface area contributed by atoms with Crippen LogP contribution in [0.15, 0.2) is 30.5 Å². The predicted octanol–water partition coefficient (Wildman–Crippen LogP) is 3.36. The molecule has 24 heavy (non-hydrogen) atoms. The third-order valence-electron chi connectivity index (χ3n) is 3.16. The highest BCUT2D eigenvalue weighted by Crippen LogP contribution is 2.36. The van der Waals surface area contributed by atoms with E-state index in [4.69, 9.17) is 11.6 Å². The van der Waals surface area contributed by atoms with Crippen LogP contribution in [-0.2, 0) is 6.18 Å². The van der Waals surface area contributed by atoms with Crippen LogP contribution >= 0.6 is 11.6 Å². The van der Waals surface area contributed by atoms with Gasteiger partial charge in [0.15, 0.2) is 0 Å². The van der Waals surface area contributed by atoms with Gasteiger partial charge in [-0.1, -0.05) is 11.6 Å². The number of aryl methyl sites for hydroxylation is 1. The number of nitrogens with one attached hydrogen (secondary N) is 1. The highest BCUT2D eigenvalue weighted by molar-refractivity contribution is 6.31. The van der Waals surface area contributed by atoms with Crippen molar-refractivity contribution in [1.82, 2.24) is 19.6 Å². The standard InChI is InChI=1S/C14H9ClF3N5O/c1-7-4-5-19-13-21-11(22-23(7)13)12(24)20-8-2-3-10(15)9(6-8)14(16,17)18/h2-6H,1H3,(H,20,24). The molecule has 1 N–H and O–H groups in total. The summed E-state index contributed by atoms with van der Waals surface area (Å²) in [5.41, 5.74) is -0.403. The number of nitrogens with zero attached hydrogens (tertiary/aromatic N) is 4. The van der Waals surface area contributed by atoms with Crippen LogP contribution in [0.5, 0.6) is 0 Å². The summed E-state index contributed by atoms with van der Waals surface area (Å²) >= 11 is 5.54. The van der Waals surface area contributed by atoms with Crippen LogP contribution in [0.25, 0.3) is 5.78 Å². The van der Waals surface area contributed by atoms with Gasteiger partial charge in [0, 0.05) is 17.6 Å². The van der Waals surface area contributed by atoms with Crippen LogP contribution in [0.2, 0.25) is 5.02 Å². The van der Waals surface area contributed by atoms with Crippen molar-refractivity contribution >= 4 is 29.0 Å². The van der Waals surface area contributed by atoms with Crippen molar-refractivity contribution in [2.24, 2.45) is 0 Å². The van der Waals surface area contributed by atoms with E-state index in [2.05, 4.69) is 20.4 Å². The molecule has 0 saturated carbocycles. The van der Waals surface area contributed by atoms with E-state index in [-0.39, 0.29) is 17.3 Å². The number of carbonyl (C=O) groups is 1. The number of aromatic nitrogens is 4. The minimum atomic E-state index is -4.62. The Morgan fingerprint density at radius 3 is 2.71 bits per heavy atom. The lowest BCUT2D eigenvalue weighted by atomic mass is 10.2. The minimum absolute atomic E-state index is 0.0692. The molecule has 3 rings (SSSR count). The van der Waals surface area contributed by atoms with Crippen molar-refractivity contribution in [3.8, 4) is 0 Å². The van der Waals surface area contributed by atoms with Crippen LogP contribution in [0.4, 0.5) is 18.9 Å². The van der Waals surface area contributed by atoms with E-state index in [0.717, 1.165) is 12.1 Å². The van der Waals surface area contributed by atoms with Gasteiger partial charge in [0.25, 0.3) is 11.7 Å². The number of alkyl halides is 3. The number of fused-ring (bicyclic) bond motifs is 1. The van der Waals surface area contributed by atoms with Crippen LogP contribution in [-0.4, -0.2) is 25.5 Å². The maximum absolute atomic E-state index is 12.8. The van der Waals surface area contributed by atoms with Crippen LogP contribution in [0.3, 0.4) is 0 Å². The second kappa shape index (κ2) is 5.75. The molecule has 6 nitrogen and oxygen atoms in total. The van der Waals surface area contributed by atoms with E-state index in [0.29, 0.717) is 5.69 Å². The molecule has 10 heteroatoms. The SMILES string of the molecule is Cc1ccnc2nc(C(=O)Nc3ccc(Cl)c(C(F)(F)F)c3)nn12. The number of benzene rings is 1. The number of amides is 1. The molecular formula is C14H9ClF3N5O. The molecule has 0 aliphatic carbocycles. The van der Waals surface area contributed by atoms with Gasteiger partial charge in [-0.25, -0.2) is 9.50 Å². The Kier molecular flexibility index (Phi) is 3.88. The maximum Gasteiger partial charge on any atom is 0.417 e. The molecule has 0 saturated heterocycles. The van der Waals surface area contributed by atoms with Gasteiger partial charge in [-0.2, -0.15) is 18.2 Å². The zero-order valence-electron chi connectivity index (χ0n) is 12.1. The van der Waals surface area contributed by atoms with Gasteiger partial charge in [0.05, 0.1) is 10.6 Å². The monoisotopic (exact) mass is 355 g/mol. The Bertz CT molecular complexity index is 938. The Morgan fingerprint density at radius 2 is 2.04 bits per heavy atom. The lowest BCUT2D eigenvalue weighted by Crippen LogP contribution is -2.15. The number of rotatable bonds is 2. The Balaban J connectivity index is 1.90. The molecule has 0 fully saturated rings. The average molecular weight is 356 g/mol. The lowest BCUT2D eigenvalue weighted by Gasteiger charge is -2.11. The van der Waals surface area contributed by atoms with Crippen molar-refractivity contribution < 1.29 is 18.0 Å². The molecule has 0 radical (unpaired) electrons. The van der Waals surface area contributed by atoms with Crippen molar-refractivity contribution in [3.05, 3.63) is 52.6 Å². The van der Waals surface area contributed by atoms with E-state index in [1.807, 2.05) is 0 Å². The van der Waals surface area contributed by atoms with Gasteiger partial charge in [0.2, 0.25) is 5.82 Å². The quantitative estimate of drug-likeness (QED) is 0.765. The zero-order valence-corrected chi connectivity index (χ0v) is 12.9. The Hall–Kier alpha value is -2.68. The number of hydrogen-bond donors (Lipinski definition) is 1. The fourth-order valence-corrected chi connectivity index (χ4v) is 2.23. The molecular weight excluding hydrogens is 347 g/mol. The lowest BCUT2D eigenvalue weighted by molar-refractivity contribution is -0.137.